The fraction of sp³-hybridized carbons (Fsp3) is 0.0476. The molecule has 0 amide bonds. The van der Waals surface area contributed by atoms with Crippen molar-refractivity contribution in [2.75, 3.05) is 5.32 Å². The molecule has 9 heteroatoms. The molecule has 30 heavy (non-hydrogen) atoms. The third-order valence-corrected chi connectivity index (χ3v) is 5.05. The highest BCUT2D eigenvalue weighted by Crippen LogP contribution is 2.40. The van der Waals surface area contributed by atoms with Crippen molar-refractivity contribution in [3.63, 3.8) is 0 Å². The maximum Gasteiger partial charge on any atom is 0.420 e. The molecule has 0 fully saturated rings. The van der Waals surface area contributed by atoms with E-state index in [0.29, 0.717) is 15.8 Å². The zero-order valence-corrected chi connectivity index (χ0v) is 16.7. The topological polar surface area (TPSA) is 47.0 Å². The third-order valence-electron chi connectivity index (χ3n) is 4.04. The van der Waals surface area contributed by atoms with Crippen molar-refractivity contribution in [2.45, 2.75) is 6.18 Å². The lowest BCUT2D eigenvalue weighted by atomic mass is 10.1. The van der Waals surface area contributed by atoms with Gasteiger partial charge in [-0.25, -0.2) is 4.98 Å². The van der Waals surface area contributed by atoms with Crippen molar-refractivity contribution >= 4 is 33.8 Å². The summed E-state index contributed by atoms with van der Waals surface area (Å²) in [5, 5.41) is 5.66. The van der Waals surface area contributed by atoms with Crippen molar-refractivity contribution in [2.24, 2.45) is 0 Å². The number of pyridine rings is 1. The van der Waals surface area contributed by atoms with E-state index in [1.54, 1.807) is 30.6 Å². The molecule has 4 nitrogen and oxygen atoms in total. The normalized spacial score (nSPS) is 11.3. The van der Waals surface area contributed by atoms with Gasteiger partial charge in [-0.05, 0) is 54.6 Å². The summed E-state index contributed by atoms with van der Waals surface area (Å²) in [5.41, 5.74) is 0.864. The summed E-state index contributed by atoms with van der Waals surface area (Å²) in [7, 11) is 0. The van der Waals surface area contributed by atoms with Crippen molar-refractivity contribution in [1.82, 2.24) is 9.97 Å². The van der Waals surface area contributed by atoms with E-state index in [0.717, 1.165) is 11.6 Å². The number of thiazole rings is 1. The van der Waals surface area contributed by atoms with Gasteiger partial charge in [-0.1, -0.05) is 11.6 Å². The van der Waals surface area contributed by atoms with E-state index in [1.165, 1.54) is 35.6 Å². The molecule has 0 aliphatic heterocycles. The molecule has 2 heterocycles. The number of rotatable bonds is 5. The van der Waals surface area contributed by atoms with Crippen molar-refractivity contribution in [1.29, 1.82) is 0 Å². The van der Waals surface area contributed by atoms with Gasteiger partial charge in [-0.3, -0.25) is 4.98 Å². The Kier molecular flexibility index (Phi) is 5.61. The quantitative estimate of drug-likeness (QED) is 0.346. The maximum absolute atomic E-state index is 13.6. The largest absolute Gasteiger partial charge is 0.457 e. The molecule has 2 aromatic carbocycles. The Morgan fingerprint density at radius 1 is 1.03 bits per heavy atom. The Balaban J connectivity index is 1.59. The first-order valence-electron chi connectivity index (χ1n) is 8.66. The van der Waals surface area contributed by atoms with Gasteiger partial charge in [-0.15, -0.1) is 11.3 Å². The van der Waals surface area contributed by atoms with Crippen LogP contribution in [0.3, 0.4) is 0 Å². The van der Waals surface area contributed by atoms with Gasteiger partial charge in [0.15, 0.2) is 5.13 Å². The van der Waals surface area contributed by atoms with Gasteiger partial charge in [0.05, 0.1) is 5.69 Å². The van der Waals surface area contributed by atoms with E-state index < -0.39 is 11.7 Å². The number of benzene rings is 2. The van der Waals surface area contributed by atoms with E-state index in [2.05, 4.69) is 15.3 Å². The monoisotopic (exact) mass is 447 g/mol. The van der Waals surface area contributed by atoms with Crippen LogP contribution in [0.2, 0.25) is 5.02 Å². The van der Waals surface area contributed by atoms with E-state index in [4.69, 9.17) is 16.3 Å². The summed E-state index contributed by atoms with van der Waals surface area (Å²) in [5.74, 6) is -0.0443. The molecule has 1 N–H and O–H groups in total. The Morgan fingerprint density at radius 3 is 2.53 bits per heavy atom. The highest BCUT2D eigenvalue weighted by Gasteiger charge is 2.35. The van der Waals surface area contributed by atoms with E-state index >= 15 is 0 Å². The molecule has 0 atom stereocenters. The average Bonchev–Trinajstić information content (AvgIpc) is 3.19. The number of anilines is 2. The minimum Gasteiger partial charge on any atom is -0.457 e. The number of aromatic nitrogens is 2. The first-order valence-corrected chi connectivity index (χ1v) is 9.92. The number of hydrogen-bond donors (Lipinski definition) is 1. The molecule has 4 aromatic rings. The molecule has 4 rings (SSSR count). The predicted molar refractivity (Wildman–Crippen MR) is 112 cm³/mol. The van der Waals surface area contributed by atoms with Crippen LogP contribution in [-0.2, 0) is 6.18 Å². The Hall–Kier alpha value is -3.10. The number of hydrogen-bond acceptors (Lipinski definition) is 5. The number of halogens is 4. The second-order valence-electron chi connectivity index (χ2n) is 6.17. The van der Waals surface area contributed by atoms with Crippen LogP contribution in [0.4, 0.5) is 24.0 Å². The van der Waals surface area contributed by atoms with Gasteiger partial charge in [0.25, 0.3) is 0 Å². The van der Waals surface area contributed by atoms with E-state index in [-0.39, 0.29) is 17.2 Å². The van der Waals surface area contributed by atoms with Gasteiger partial charge in [0, 0.05) is 34.0 Å². The van der Waals surface area contributed by atoms with Crippen LogP contribution >= 0.6 is 22.9 Å². The summed E-state index contributed by atoms with van der Waals surface area (Å²) in [4.78, 5) is 8.45. The van der Waals surface area contributed by atoms with Crippen LogP contribution in [0.1, 0.15) is 5.56 Å². The second-order valence-corrected chi connectivity index (χ2v) is 7.46. The maximum atomic E-state index is 13.6. The Morgan fingerprint density at radius 2 is 1.83 bits per heavy atom. The van der Waals surface area contributed by atoms with Gasteiger partial charge in [-0.2, -0.15) is 13.2 Å². The highest BCUT2D eigenvalue weighted by atomic mass is 35.5. The van der Waals surface area contributed by atoms with E-state index in [1.807, 2.05) is 11.4 Å². The molecule has 152 valence electrons. The first kappa shape index (κ1) is 20.2. The lowest BCUT2D eigenvalue weighted by Gasteiger charge is -2.15. The van der Waals surface area contributed by atoms with Gasteiger partial charge < -0.3 is 10.1 Å². The average molecular weight is 448 g/mol. The van der Waals surface area contributed by atoms with Crippen LogP contribution < -0.4 is 10.1 Å². The van der Waals surface area contributed by atoms with Gasteiger partial charge >= 0.3 is 6.18 Å². The minimum atomic E-state index is -4.59. The fourth-order valence-electron chi connectivity index (χ4n) is 2.65. The highest BCUT2D eigenvalue weighted by molar-refractivity contribution is 7.14. The van der Waals surface area contributed by atoms with E-state index in [9.17, 15) is 13.2 Å². The number of nitrogens with one attached hydrogen (secondary N) is 1. The molecule has 0 aliphatic rings. The Labute approximate surface area is 179 Å². The fourth-order valence-corrected chi connectivity index (χ4v) is 3.52. The molecule has 0 saturated heterocycles. The van der Waals surface area contributed by atoms with Crippen molar-refractivity contribution in [3.05, 3.63) is 83.0 Å². The number of ether oxygens (including phenoxy) is 1. The van der Waals surface area contributed by atoms with Crippen molar-refractivity contribution < 1.29 is 17.9 Å². The predicted octanol–water partition coefficient (Wildman–Crippen LogP) is 7.41. The lowest BCUT2D eigenvalue weighted by molar-refractivity contribution is -0.138. The summed E-state index contributed by atoms with van der Waals surface area (Å²) in [6, 6.07) is 13.5. The molecule has 0 radical (unpaired) electrons. The zero-order valence-electron chi connectivity index (χ0n) is 15.2. The molecule has 2 aromatic heterocycles. The molecule has 0 saturated carbocycles. The first-order chi connectivity index (χ1) is 14.4. The van der Waals surface area contributed by atoms with Crippen molar-refractivity contribution in [3.8, 4) is 22.8 Å². The second kappa shape index (κ2) is 8.33. The third kappa shape index (κ3) is 4.72. The number of alkyl halides is 3. The molecule has 0 unspecified atom stereocenters. The summed E-state index contributed by atoms with van der Waals surface area (Å²) >= 11 is 7.09. The zero-order chi connectivity index (χ0) is 21.1. The minimum absolute atomic E-state index is 0.248. The molecule has 0 aliphatic carbocycles. The summed E-state index contributed by atoms with van der Waals surface area (Å²) < 4.78 is 46.3. The smallest absolute Gasteiger partial charge is 0.420 e. The standard InChI is InChI=1S/C21H13ClF3N3OS/c22-14-3-6-16(7-4-14)29-19-8-5-15(10-17(19)21(23,24)25)27-20-28-18(12-30-20)13-2-1-9-26-11-13/h1-12H,(H,27,28). The SMILES string of the molecule is FC(F)(F)c1cc(Nc2nc(-c3cccnc3)cs2)ccc1Oc1ccc(Cl)cc1. The number of nitrogens with zero attached hydrogens (tertiary/aromatic N) is 2. The van der Waals surface area contributed by atoms with Crippen LogP contribution in [0.25, 0.3) is 11.3 Å². The summed E-state index contributed by atoms with van der Waals surface area (Å²) in [6.45, 7) is 0. The van der Waals surface area contributed by atoms with Gasteiger partial charge in [0.1, 0.15) is 17.1 Å². The molecule has 0 spiro atoms. The molecular formula is C21H13ClF3N3OS. The molecular weight excluding hydrogens is 435 g/mol. The summed E-state index contributed by atoms with van der Waals surface area (Å²) in [6.07, 6.45) is -1.27. The molecule has 0 bridgehead atoms. The van der Waals surface area contributed by atoms with Crippen LogP contribution in [0.15, 0.2) is 72.4 Å². The van der Waals surface area contributed by atoms with Crippen LogP contribution in [0, 0.1) is 0 Å². The lowest BCUT2D eigenvalue weighted by Crippen LogP contribution is -2.08. The van der Waals surface area contributed by atoms with Gasteiger partial charge in [0.2, 0.25) is 0 Å². The van der Waals surface area contributed by atoms with Crippen LogP contribution in [-0.4, -0.2) is 9.97 Å². The van der Waals surface area contributed by atoms with Crippen LogP contribution in [0.5, 0.6) is 11.5 Å². The Bertz CT molecular complexity index is 1150.